The summed E-state index contributed by atoms with van der Waals surface area (Å²) in [5.74, 6) is 0.373. The molecule has 0 saturated carbocycles. The summed E-state index contributed by atoms with van der Waals surface area (Å²) in [6.07, 6.45) is 2.10. The molecular weight excluding hydrogens is 300 g/mol. The Balaban J connectivity index is 0.00000200. The lowest BCUT2D eigenvalue weighted by molar-refractivity contribution is 0.402. The molecule has 0 radical (unpaired) electrons. The molecule has 0 aliphatic carbocycles. The molecule has 0 bridgehead atoms. The molecular formula is C13H21ClN2O3S. The quantitative estimate of drug-likeness (QED) is 0.862. The molecule has 1 atom stereocenters. The van der Waals surface area contributed by atoms with E-state index in [9.17, 15) is 8.42 Å². The molecule has 1 heterocycles. The van der Waals surface area contributed by atoms with Crippen molar-refractivity contribution < 1.29 is 13.2 Å². The third-order valence-electron chi connectivity index (χ3n) is 3.29. The molecule has 1 aliphatic rings. The molecule has 114 valence electrons. The monoisotopic (exact) mass is 320 g/mol. The van der Waals surface area contributed by atoms with Crippen LogP contribution in [-0.4, -0.2) is 34.7 Å². The van der Waals surface area contributed by atoms with Crippen LogP contribution < -0.4 is 14.8 Å². The fourth-order valence-electron chi connectivity index (χ4n) is 2.21. The van der Waals surface area contributed by atoms with E-state index in [0.717, 1.165) is 24.9 Å². The van der Waals surface area contributed by atoms with Gasteiger partial charge in [-0.1, -0.05) is 6.07 Å². The topological polar surface area (TPSA) is 67.4 Å². The summed E-state index contributed by atoms with van der Waals surface area (Å²) >= 11 is 0. The number of aryl methyl sites for hydroxylation is 1. The van der Waals surface area contributed by atoms with E-state index in [1.165, 1.54) is 7.11 Å². The van der Waals surface area contributed by atoms with Crippen LogP contribution in [0.2, 0.25) is 0 Å². The minimum atomic E-state index is -3.53. The van der Waals surface area contributed by atoms with Gasteiger partial charge in [-0.3, -0.25) is 0 Å². The number of methoxy groups -OCH3 is 1. The maximum Gasteiger partial charge on any atom is 0.244 e. The zero-order valence-electron chi connectivity index (χ0n) is 11.7. The first-order valence-corrected chi connectivity index (χ1v) is 7.89. The second kappa shape index (κ2) is 7.26. The highest BCUT2D eigenvalue weighted by molar-refractivity contribution is 7.89. The molecule has 20 heavy (non-hydrogen) atoms. The van der Waals surface area contributed by atoms with Crippen LogP contribution in [-0.2, 0) is 10.0 Å². The van der Waals surface area contributed by atoms with Gasteiger partial charge in [0.05, 0.1) is 7.11 Å². The average molecular weight is 321 g/mol. The minimum Gasteiger partial charge on any atom is -0.495 e. The second-order valence-corrected chi connectivity index (χ2v) is 6.53. The average Bonchev–Trinajstić information content (AvgIpc) is 2.89. The molecule has 0 amide bonds. The zero-order valence-corrected chi connectivity index (χ0v) is 13.3. The molecule has 1 aliphatic heterocycles. The van der Waals surface area contributed by atoms with Crippen LogP contribution >= 0.6 is 12.4 Å². The van der Waals surface area contributed by atoms with Crippen LogP contribution in [0.1, 0.15) is 18.4 Å². The molecule has 2 rings (SSSR count). The van der Waals surface area contributed by atoms with Crippen LogP contribution in [0, 0.1) is 6.92 Å². The standard InChI is InChI=1S/C13H20N2O3S.ClH/c1-10-5-6-12(18-2)13(8-10)19(16,17)15-9-11-4-3-7-14-11;/h5-6,8,11,14-15H,3-4,7,9H2,1-2H3;1H. The van der Waals surface area contributed by atoms with Crippen molar-refractivity contribution in [1.82, 2.24) is 10.0 Å². The summed E-state index contributed by atoms with van der Waals surface area (Å²) in [6.45, 7) is 3.23. The van der Waals surface area contributed by atoms with Gasteiger partial charge in [0.15, 0.2) is 0 Å². The van der Waals surface area contributed by atoms with E-state index in [0.29, 0.717) is 12.3 Å². The Morgan fingerprint density at radius 3 is 2.80 bits per heavy atom. The predicted octanol–water partition coefficient (Wildman–Crippen LogP) is 1.46. The summed E-state index contributed by atoms with van der Waals surface area (Å²) in [7, 11) is -2.05. The zero-order chi connectivity index (χ0) is 13.9. The Morgan fingerprint density at radius 1 is 1.45 bits per heavy atom. The first kappa shape index (κ1) is 17.2. The molecule has 7 heteroatoms. The summed E-state index contributed by atoms with van der Waals surface area (Å²) in [6, 6.07) is 5.36. The van der Waals surface area contributed by atoms with Crippen molar-refractivity contribution in [3.05, 3.63) is 23.8 Å². The Kier molecular flexibility index (Phi) is 6.26. The van der Waals surface area contributed by atoms with Crippen molar-refractivity contribution >= 4 is 22.4 Å². The molecule has 0 spiro atoms. The first-order valence-electron chi connectivity index (χ1n) is 6.40. The summed E-state index contributed by atoms with van der Waals surface area (Å²) in [4.78, 5) is 0.202. The lowest BCUT2D eigenvalue weighted by Crippen LogP contribution is -2.37. The number of rotatable bonds is 5. The van der Waals surface area contributed by atoms with Crippen LogP contribution in [0.4, 0.5) is 0 Å². The predicted molar refractivity (Wildman–Crippen MR) is 81.2 cm³/mol. The van der Waals surface area contributed by atoms with Gasteiger partial charge in [0.1, 0.15) is 10.6 Å². The van der Waals surface area contributed by atoms with Crippen molar-refractivity contribution in [3.8, 4) is 5.75 Å². The lowest BCUT2D eigenvalue weighted by atomic mass is 10.2. The molecule has 1 unspecified atom stereocenters. The summed E-state index contributed by atoms with van der Waals surface area (Å²) in [5.41, 5.74) is 0.889. The van der Waals surface area contributed by atoms with Gasteiger partial charge in [0.25, 0.3) is 0 Å². The van der Waals surface area contributed by atoms with Gasteiger partial charge in [0.2, 0.25) is 10.0 Å². The lowest BCUT2D eigenvalue weighted by Gasteiger charge is -2.14. The van der Waals surface area contributed by atoms with Crippen LogP contribution in [0.25, 0.3) is 0 Å². The maximum absolute atomic E-state index is 12.3. The molecule has 1 aromatic carbocycles. The third kappa shape index (κ3) is 4.09. The number of hydrogen-bond donors (Lipinski definition) is 2. The second-order valence-electron chi connectivity index (χ2n) is 4.80. The van der Waals surface area contributed by atoms with E-state index < -0.39 is 10.0 Å². The molecule has 1 fully saturated rings. The highest BCUT2D eigenvalue weighted by atomic mass is 35.5. The highest BCUT2D eigenvalue weighted by Crippen LogP contribution is 2.24. The molecule has 1 saturated heterocycles. The fraction of sp³-hybridized carbons (Fsp3) is 0.538. The maximum atomic E-state index is 12.3. The third-order valence-corrected chi connectivity index (χ3v) is 4.74. The summed E-state index contributed by atoms with van der Waals surface area (Å²) < 4.78 is 32.4. The van der Waals surface area contributed by atoms with E-state index >= 15 is 0 Å². The van der Waals surface area contributed by atoms with E-state index in [-0.39, 0.29) is 23.3 Å². The molecule has 2 N–H and O–H groups in total. The van der Waals surface area contributed by atoms with Crippen molar-refractivity contribution in [1.29, 1.82) is 0 Å². The number of sulfonamides is 1. The minimum absolute atomic E-state index is 0. The van der Waals surface area contributed by atoms with E-state index in [4.69, 9.17) is 4.74 Å². The Morgan fingerprint density at radius 2 is 2.20 bits per heavy atom. The highest BCUT2D eigenvalue weighted by Gasteiger charge is 2.22. The normalized spacial score (nSPS) is 18.6. The van der Waals surface area contributed by atoms with Crippen molar-refractivity contribution in [3.63, 3.8) is 0 Å². The van der Waals surface area contributed by atoms with Gasteiger partial charge in [-0.2, -0.15) is 0 Å². The molecule has 0 aromatic heterocycles. The van der Waals surface area contributed by atoms with Gasteiger partial charge in [-0.15, -0.1) is 12.4 Å². The van der Waals surface area contributed by atoms with Gasteiger partial charge in [-0.25, -0.2) is 13.1 Å². The van der Waals surface area contributed by atoms with E-state index in [1.54, 1.807) is 12.1 Å². The molecule has 1 aromatic rings. The fourth-order valence-corrected chi connectivity index (χ4v) is 3.55. The number of hydrogen-bond acceptors (Lipinski definition) is 4. The molecule has 5 nitrogen and oxygen atoms in total. The smallest absolute Gasteiger partial charge is 0.244 e. The largest absolute Gasteiger partial charge is 0.495 e. The van der Waals surface area contributed by atoms with Crippen LogP contribution in [0.3, 0.4) is 0 Å². The number of benzene rings is 1. The van der Waals surface area contributed by atoms with Crippen LogP contribution in [0.5, 0.6) is 5.75 Å². The Hall–Kier alpha value is -0.820. The van der Waals surface area contributed by atoms with E-state index in [2.05, 4.69) is 10.0 Å². The van der Waals surface area contributed by atoms with E-state index in [1.807, 2.05) is 13.0 Å². The van der Waals surface area contributed by atoms with Gasteiger partial charge < -0.3 is 10.1 Å². The van der Waals surface area contributed by atoms with Crippen molar-refractivity contribution in [2.45, 2.75) is 30.7 Å². The van der Waals surface area contributed by atoms with Gasteiger partial charge in [-0.05, 0) is 44.0 Å². The SMILES string of the molecule is COc1ccc(C)cc1S(=O)(=O)NCC1CCCN1.Cl. The number of halogens is 1. The van der Waals surface area contributed by atoms with Gasteiger partial charge >= 0.3 is 0 Å². The Bertz CT molecular complexity index is 543. The van der Waals surface area contributed by atoms with Crippen LogP contribution in [0.15, 0.2) is 23.1 Å². The van der Waals surface area contributed by atoms with Gasteiger partial charge in [0, 0.05) is 12.6 Å². The Labute approximate surface area is 126 Å². The number of nitrogens with one attached hydrogen (secondary N) is 2. The van der Waals surface area contributed by atoms with Crippen molar-refractivity contribution in [2.24, 2.45) is 0 Å². The van der Waals surface area contributed by atoms with Crippen molar-refractivity contribution in [2.75, 3.05) is 20.2 Å². The number of ether oxygens (including phenoxy) is 1. The first-order chi connectivity index (χ1) is 9.03. The summed E-state index contributed by atoms with van der Waals surface area (Å²) in [5, 5.41) is 3.26.